The van der Waals surface area contributed by atoms with Gasteiger partial charge in [0, 0.05) is 19.6 Å². The van der Waals surface area contributed by atoms with E-state index in [1.54, 1.807) is 38.5 Å². The molecule has 0 radical (unpaired) electrons. The van der Waals surface area contributed by atoms with Crippen LogP contribution in [-0.4, -0.2) is 49.1 Å². The smallest absolute Gasteiger partial charge is 0.0110 e. The van der Waals surface area contributed by atoms with Crippen LogP contribution >= 0.6 is 0 Å². The summed E-state index contributed by atoms with van der Waals surface area (Å²) in [5, 5.41) is 0. The molecular weight excluding hydrogens is 244 g/mol. The Labute approximate surface area is 124 Å². The molecule has 0 aromatic carbocycles. The summed E-state index contributed by atoms with van der Waals surface area (Å²) < 4.78 is 0. The van der Waals surface area contributed by atoms with Gasteiger partial charge in [-0.1, -0.05) is 12.8 Å². The zero-order chi connectivity index (χ0) is 13.4. The average Bonchev–Trinajstić information content (AvgIpc) is 3.00. The fraction of sp³-hybridized carbons (Fsp3) is 1.00. The van der Waals surface area contributed by atoms with Crippen molar-refractivity contribution in [3.05, 3.63) is 0 Å². The summed E-state index contributed by atoms with van der Waals surface area (Å²) >= 11 is 0. The number of hydrogen-bond acceptors (Lipinski definition) is 2. The van der Waals surface area contributed by atoms with E-state index in [9.17, 15) is 0 Å². The van der Waals surface area contributed by atoms with Crippen LogP contribution < -0.4 is 0 Å². The summed E-state index contributed by atoms with van der Waals surface area (Å²) in [5.41, 5.74) is 0.754. The van der Waals surface area contributed by atoms with Crippen LogP contribution in [0.2, 0.25) is 0 Å². The van der Waals surface area contributed by atoms with E-state index < -0.39 is 0 Å². The molecule has 5 rings (SSSR count). The molecule has 2 saturated heterocycles. The number of nitrogens with zero attached hydrogens (tertiary/aromatic N) is 2. The van der Waals surface area contributed by atoms with Gasteiger partial charge in [0.2, 0.25) is 0 Å². The summed E-state index contributed by atoms with van der Waals surface area (Å²) in [6, 6.07) is 0. The Morgan fingerprint density at radius 1 is 0.800 bits per heavy atom. The highest BCUT2D eigenvalue weighted by Crippen LogP contribution is 2.56. The Hall–Kier alpha value is -0.0800. The van der Waals surface area contributed by atoms with E-state index >= 15 is 0 Å². The number of hydrogen-bond donors (Lipinski definition) is 0. The lowest BCUT2D eigenvalue weighted by Gasteiger charge is -2.56. The molecule has 2 bridgehead atoms. The van der Waals surface area contributed by atoms with Crippen LogP contribution in [0.25, 0.3) is 0 Å². The summed E-state index contributed by atoms with van der Waals surface area (Å²) in [4.78, 5) is 5.52. The van der Waals surface area contributed by atoms with Gasteiger partial charge in [0.05, 0.1) is 0 Å². The summed E-state index contributed by atoms with van der Waals surface area (Å²) in [6.07, 6.45) is 13.7. The lowest BCUT2D eigenvalue weighted by Crippen LogP contribution is -2.53. The number of rotatable bonds is 3. The van der Waals surface area contributed by atoms with Crippen molar-refractivity contribution in [3.63, 3.8) is 0 Å². The van der Waals surface area contributed by atoms with E-state index in [1.165, 1.54) is 58.5 Å². The predicted molar refractivity (Wildman–Crippen MR) is 83.8 cm³/mol. The van der Waals surface area contributed by atoms with Crippen LogP contribution in [0.5, 0.6) is 0 Å². The van der Waals surface area contributed by atoms with Gasteiger partial charge in [-0.05, 0) is 81.8 Å². The highest BCUT2D eigenvalue weighted by molar-refractivity contribution is 5.00. The second kappa shape index (κ2) is 5.61. The van der Waals surface area contributed by atoms with Gasteiger partial charge >= 0.3 is 0 Å². The van der Waals surface area contributed by atoms with Crippen molar-refractivity contribution in [2.45, 2.75) is 57.8 Å². The van der Waals surface area contributed by atoms with E-state index in [0.29, 0.717) is 0 Å². The third-order valence-corrected chi connectivity index (χ3v) is 7.03. The normalized spacial score (nSPS) is 42.6. The minimum absolute atomic E-state index is 0.754. The Kier molecular flexibility index (Phi) is 3.80. The first kappa shape index (κ1) is 13.6. The van der Waals surface area contributed by atoms with Gasteiger partial charge in [0.1, 0.15) is 0 Å². The Bertz CT molecular complexity index is 328. The fourth-order valence-electron chi connectivity index (χ4n) is 5.96. The van der Waals surface area contributed by atoms with Crippen molar-refractivity contribution in [1.82, 2.24) is 9.80 Å². The lowest BCUT2D eigenvalue weighted by atomic mass is 9.53. The molecule has 0 amide bonds. The minimum Gasteiger partial charge on any atom is -0.302 e. The zero-order valence-corrected chi connectivity index (χ0v) is 13.2. The third kappa shape index (κ3) is 2.54. The molecule has 3 aliphatic carbocycles. The van der Waals surface area contributed by atoms with E-state index in [2.05, 4.69) is 9.80 Å². The molecule has 0 aromatic rings. The highest BCUT2D eigenvalue weighted by Gasteiger charge is 2.48. The molecule has 3 saturated carbocycles. The molecule has 0 aromatic heterocycles. The number of piperidine rings is 1. The van der Waals surface area contributed by atoms with E-state index in [0.717, 1.165) is 17.3 Å². The molecule has 2 heteroatoms. The molecule has 1 spiro atoms. The summed E-state index contributed by atoms with van der Waals surface area (Å²) in [6.45, 7) is 8.24. The molecular formula is C18H32N2. The van der Waals surface area contributed by atoms with Crippen molar-refractivity contribution in [2.75, 3.05) is 39.3 Å². The molecule has 1 atom stereocenters. The van der Waals surface area contributed by atoms with Gasteiger partial charge in [0.15, 0.2) is 0 Å². The van der Waals surface area contributed by atoms with Gasteiger partial charge in [-0.25, -0.2) is 0 Å². The molecule has 20 heavy (non-hydrogen) atoms. The van der Waals surface area contributed by atoms with Crippen LogP contribution in [0.15, 0.2) is 0 Å². The molecule has 0 N–H and O–H groups in total. The maximum absolute atomic E-state index is 2.84. The van der Waals surface area contributed by atoms with E-state index in [4.69, 9.17) is 0 Å². The number of fused-ring (bicyclic) bond motifs is 2. The van der Waals surface area contributed by atoms with Crippen LogP contribution in [0.3, 0.4) is 0 Å². The van der Waals surface area contributed by atoms with Gasteiger partial charge in [-0.3, -0.25) is 0 Å². The van der Waals surface area contributed by atoms with Crippen molar-refractivity contribution >= 4 is 0 Å². The molecule has 2 heterocycles. The van der Waals surface area contributed by atoms with E-state index in [1.807, 2.05) is 0 Å². The van der Waals surface area contributed by atoms with Crippen molar-refractivity contribution in [2.24, 2.45) is 17.3 Å². The molecule has 2 nitrogen and oxygen atoms in total. The SMILES string of the molecule is C1CCN(CCN2CCCC3(CC4CCC3CC4)C2)C1. The molecule has 5 aliphatic rings. The minimum atomic E-state index is 0.754. The lowest BCUT2D eigenvalue weighted by molar-refractivity contribution is -0.0548. The first-order valence-electron chi connectivity index (χ1n) is 9.29. The fourth-order valence-corrected chi connectivity index (χ4v) is 5.96. The Morgan fingerprint density at radius 2 is 1.50 bits per heavy atom. The predicted octanol–water partition coefficient (Wildman–Crippen LogP) is 3.37. The molecule has 2 aliphatic heterocycles. The first-order chi connectivity index (χ1) is 9.84. The molecule has 1 unspecified atom stereocenters. The monoisotopic (exact) mass is 276 g/mol. The largest absolute Gasteiger partial charge is 0.302 e. The quantitative estimate of drug-likeness (QED) is 0.780. The topological polar surface area (TPSA) is 6.48 Å². The van der Waals surface area contributed by atoms with Gasteiger partial charge in [0.25, 0.3) is 0 Å². The Balaban J connectivity index is 1.35. The zero-order valence-electron chi connectivity index (χ0n) is 13.2. The highest BCUT2D eigenvalue weighted by atomic mass is 15.2. The maximum Gasteiger partial charge on any atom is 0.0110 e. The molecule has 114 valence electrons. The molecule has 5 fully saturated rings. The maximum atomic E-state index is 2.84. The van der Waals surface area contributed by atoms with Crippen LogP contribution in [0.1, 0.15) is 57.8 Å². The van der Waals surface area contributed by atoms with Gasteiger partial charge in [-0.15, -0.1) is 0 Å². The van der Waals surface area contributed by atoms with Gasteiger partial charge < -0.3 is 9.80 Å². The van der Waals surface area contributed by atoms with Crippen molar-refractivity contribution in [1.29, 1.82) is 0 Å². The van der Waals surface area contributed by atoms with Crippen LogP contribution in [-0.2, 0) is 0 Å². The summed E-state index contributed by atoms with van der Waals surface area (Å²) in [5.74, 6) is 2.18. The number of likely N-dealkylation sites (tertiary alicyclic amines) is 2. The third-order valence-electron chi connectivity index (χ3n) is 7.03. The van der Waals surface area contributed by atoms with Gasteiger partial charge in [-0.2, -0.15) is 0 Å². The van der Waals surface area contributed by atoms with Crippen molar-refractivity contribution in [3.8, 4) is 0 Å². The summed E-state index contributed by atoms with van der Waals surface area (Å²) in [7, 11) is 0. The van der Waals surface area contributed by atoms with Crippen molar-refractivity contribution < 1.29 is 0 Å². The van der Waals surface area contributed by atoms with Crippen LogP contribution in [0, 0.1) is 17.3 Å². The Morgan fingerprint density at radius 3 is 2.20 bits per heavy atom. The first-order valence-corrected chi connectivity index (χ1v) is 9.29. The van der Waals surface area contributed by atoms with E-state index in [-0.39, 0.29) is 0 Å². The van der Waals surface area contributed by atoms with Crippen LogP contribution in [0.4, 0.5) is 0 Å². The second-order valence-electron chi connectivity index (χ2n) is 8.21. The second-order valence-corrected chi connectivity index (χ2v) is 8.21. The standard InChI is InChI=1S/C18H32N2/c1-2-10-19(9-1)12-13-20-11-3-8-18(15-20)14-16-4-6-17(18)7-5-16/h16-17H,1-15H2. The average molecular weight is 276 g/mol.